The van der Waals surface area contributed by atoms with Gasteiger partial charge in [-0.3, -0.25) is 4.79 Å². The largest absolute Gasteiger partial charge is 0.507 e. The molecule has 0 bridgehead atoms. The molecule has 2 aromatic rings. The van der Waals surface area contributed by atoms with E-state index in [0.29, 0.717) is 0 Å². The van der Waals surface area contributed by atoms with Gasteiger partial charge in [-0.2, -0.15) is 0 Å². The Morgan fingerprint density at radius 3 is 2.27 bits per heavy atom. The number of carbonyl (C=O) groups is 2. The summed E-state index contributed by atoms with van der Waals surface area (Å²) < 4.78 is 5.19. The van der Waals surface area contributed by atoms with Gasteiger partial charge in [0.05, 0.1) is 17.2 Å². The van der Waals surface area contributed by atoms with E-state index < -0.39 is 11.8 Å². The number of hydrogen-bond donors (Lipinski definition) is 2. The monoisotopic (exact) mass is 300 g/mol. The smallest absolute Gasteiger partial charge is 0.336 e. The van der Waals surface area contributed by atoms with E-state index in [1.165, 1.54) is 24.3 Å². The second-order valence-corrected chi connectivity index (χ2v) is 4.83. The molecule has 0 aromatic heterocycles. The molecule has 1 atom stereocenters. The van der Waals surface area contributed by atoms with Gasteiger partial charge in [-0.1, -0.05) is 24.3 Å². The molecule has 0 radical (unpaired) electrons. The fourth-order valence-corrected chi connectivity index (χ4v) is 2.14. The summed E-state index contributed by atoms with van der Waals surface area (Å²) in [6.07, 6.45) is -0.248. The lowest BCUT2D eigenvalue weighted by atomic mass is 9.95. The Kier molecular flexibility index (Phi) is 4.58. The molecular formula is C17H16O5. The molecule has 0 amide bonds. The van der Waals surface area contributed by atoms with Crippen molar-refractivity contribution < 1.29 is 24.5 Å². The molecule has 22 heavy (non-hydrogen) atoms. The maximum Gasteiger partial charge on any atom is 0.336 e. The number of carboxylic acids is 1. The Bertz CT molecular complexity index is 721. The summed E-state index contributed by atoms with van der Waals surface area (Å²) in [6.45, 7) is 1.81. The van der Waals surface area contributed by atoms with Crippen LogP contribution >= 0.6 is 0 Å². The van der Waals surface area contributed by atoms with E-state index in [1.54, 1.807) is 25.3 Å². The van der Waals surface area contributed by atoms with Crippen LogP contribution in [0.1, 0.15) is 44.9 Å². The Balaban J connectivity index is 2.52. The third-order valence-electron chi connectivity index (χ3n) is 3.49. The molecule has 0 aliphatic carbocycles. The van der Waals surface area contributed by atoms with E-state index in [4.69, 9.17) is 4.74 Å². The van der Waals surface area contributed by atoms with Gasteiger partial charge in [-0.25, -0.2) is 4.79 Å². The van der Waals surface area contributed by atoms with Gasteiger partial charge in [0.15, 0.2) is 5.78 Å². The van der Waals surface area contributed by atoms with Crippen LogP contribution in [0.25, 0.3) is 0 Å². The van der Waals surface area contributed by atoms with Crippen LogP contribution in [0, 0.1) is 0 Å². The number of benzene rings is 2. The van der Waals surface area contributed by atoms with Gasteiger partial charge >= 0.3 is 5.97 Å². The van der Waals surface area contributed by atoms with Crippen molar-refractivity contribution in [1.29, 1.82) is 0 Å². The second kappa shape index (κ2) is 6.41. The molecule has 1 unspecified atom stereocenters. The standard InChI is InChI=1S/C17H16O5/c1-10(22-2)11-7-8-15(18)14(9-11)16(19)12-5-3-4-6-13(12)17(20)21/h3-10,18H,1-2H3,(H,20,21). The molecule has 0 aliphatic rings. The lowest BCUT2D eigenvalue weighted by Gasteiger charge is -2.13. The minimum Gasteiger partial charge on any atom is -0.507 e. The maximum atomic E-state index is 12.6. The average Bonchev–Trinajstić information content (AvgIpc) is 2.53. The molecule has 0 aliphatic heterocycles. The maximum absolute atomic E-state index is 12.6. The first kappa shape index (κ1) is 15.7. The van der Waals surface area contributed by atoms with Crippen LogP contribution in [0.4, 0.5) is 0 Å². The fraction of sp³-hybridized carbons (Fsp3) is 0.176. The van der Waals surface area contributed by atoms with Crippen molar-refractivity contribution in [2.45, 2.75) is 13.0 Å². The van der Waals surface area contributed by atoms with E-state index in [-0.39, 0.29) is 28.5 Å². The van der Waals surface area contributed by atoms with Crippen LogP contribution < -0.4 is 0 Å². The summed E-state index contributed by atoms with van der Waals surface area (Å²) >= 11 is 0. The Hall–Kier alpha value is -2.66. The molecule has 0 heterocycles. The number of carboxylic acid groups (broad SMARTS) is 1. The summed E-state index contributed by atoms with van der Waals surface area (Å²) in [5.41, 5.74) is 0.705. The van der Waals surface area contributed by atoms with Gasteiger partial charge in [-0.15, -0.1) is 0 Å². The molecule has 0 saturated heterocycles. The third kappa shape index (κ3) is 2.99. The molecule has 0 saturated carbocycles. The van der Waals surface area contributed by atoms with E-state index >= 15 is 0 Å². The average molecular weight is 300 g/mol. The fourth-order valence-electron chi connectivity index (χ4n) is 2.14. The Labute approximate surface area is 127 Å². The van der Waals surface area contributed by atoms with E-state index in [9.17, 15) is 19.8 Å². The molecule has 2 N–H and O–H groups in total. The normalized spacial score (nSPS) is 11.9. The van der Waals surface area contributed by atoms with Crippen molar-refractivity contribution in [3.05, 3.63) is 64.7 Å². The minimum atomic E-state index is -1.19. The number of methoxy groups -OCH3 is 1. The van der Waals surface area contributed by atoms with Crippen molar-refractivity contribution in [3.63, 3.8) is 0 Å². The lowest BCUT2D eigenvalue weighted by Crippen LogP contribution is -2.10. The molecule has 2 rings (SSSR count). The van der Waals surface area contributed by atoms with Gasteiger partial charge < -0.3 is 14.9 Å². The first-order chi connectivity index (χ1) is 10.5. The van der Waals surface area contributed by atoms with Gasteiger partial charge in [0.1, 0.15) is 5.75 Å². The Morgan fingerprint density at radius 2 is 1.68 bits per heavy atom. The summed E-state index contributed by atoms with van der Waals surface area (Å²) in [4.78, 5) is 23.8. The first-order valence-electron chi connectivity index (χ1n) is 6.68. The number of phenols is 1. The summed E-state index contributed by atoms with van der Waals surface area (Å²) in [7, 11) is 1.54. The zero-order valence-corrected chi connectivity index (χ0v) is 12.2. The molecule has 5 heteroatoms. The van der Waals surface area contributed by atoms with Crippen LogP contribution in [-0.4, -0.2) is 29.1 Å². The number of phenolic OH excluding ortho intramolecular Hbond substituents is 1. The van der Waals surface area contributed by atoms with Gasteiger partial charge in [-0.05, 0) is 30.7 Å². The predicted octanol–water partition coefficient (Wildman–Crippen LogP) is 3.03. The topological polar surface area (TPSA) is 83.8 Å². The van der Waals surface area contributed by atoms with E-state index in [2.05, 4.69) is 0 Å². The van der Waals surface area contributed by atoms with E-state index in [0.717, 1.165) is 5.56 Å². The predicted molar refractivity (Wildman–Crippen MR) is 80.4 cm³/mol. The molecule has 2 aromatic carbocycles. The highest BCUT2D eigenvalue weighted by atomic mass is 16.5. The van der Waals surface area contributed by atoms with Crippen molar-refractivity contribution in [3.8, 4) is 5.75 Å². The summed E-state index contributed by atoms with van der Waals surface area (Å²) in [5.74, 6) is -1.93. The van der Waals surface area contributed by atoms with Gasteiger partial charge in [0.2, 0.25) is 0 Å². The first-order valence-corrected chi connectivity index (χ1v) is 6.68. The molecular weight excluding hydrogens is 284 g/mol. The molecule has 114 valence electrons. The highest BCUT2D eigenvalue weighted by Gasteiger charge is 2.21. The summed E-state index contributed by atoms with van der Waals surface area (Å²) in [5, 5.41) is 19.1. The van der Waals surface area contributed by atoms with Crippen molar-refractivity contribution >= 4 is 11.8 Å². The van der Waals surface area contributed by atoms with Crippen LogP contribution in [0.3, 0.4) is 0 Å². The van der Waals surface area contributed by atoms with Crippen LogP contribution in [0.5, 0.6) is 5.75 Å². The van der Waals surface area contributed by atoms with Crippen molar-refractivity contribution in [1.82, 2.24) is 0 Å². The second-order valence-electron chi connectivity index (χ2n) is 4.83. The quantitative estimate of drug-likeness (QED) is 0.829. The third-order valence-corrected chi connectivity index (χ3v) is 3.49. The molecule has 5 nitrogen and oxygen atoms in total. The number of carbonyl (C=O) groups excluding carboxylic acids is 1. The Morgan fingerprint density at radius 1 is 1.05 bits per heavy atom. The van der Waals surface area contributed by atoms with Crippen molar-refractivity contribution in [2.24, 2.45) is 0 Å². The van der Waals surface area contributed by atoms with Crippen LogP contribution in [0.15, 0.2) is 42.5 Å². The number of ketones is 1. The SMILES string of the molecule is COC(C)c1ccc(O)c(C(=O)c2ccccc2C(=O)O)c1. The summed E-state index contributed by atoms with van der Waals surface area (Å²) in [6, 6.07) is 10.5. The zero-order valence-electron chi connectivity index (χ0n) is 12.2. The minimum absolute atomic E-state index is 0.0347. The van der Waals surface area contributed by atoms with Gasteiger partial charge in [0, 0.05) is 12.7 Å². The zero-order chi connectivity index (χ0) is 16.3. The number of rotatable bonds is 5. The number of aromatic carboxylic acids is 1. The van der Waals surface area contributed by atoms with Crippen LogP contribution in [-0.2, 0) is 4.74 Å². The van der Waals surface area contributed by atoms with Crippen LogP contribution in [0.2, 0.25) is 0 Å². The highest BCUT2D eigenvalue weighted by Crippen LogP contribution is 2.27. The number of aromatic hydroxyl groups is 1. The number of hydrogen-bond acceptors (Lipinski definition) is 4. The van der Waals surface area contributed by atoms with E-state index in [1.807, 2.05) is 6.92 Å². The molecule has 0 spiro atoms. The highest BCUT2D eigenvalue weighted by molar-refractivity contribution is 6.15. The lowest BCUT2D eigenvalue weighted by molar-refractivity contribution is 0.0692. The van der Waals surface area contributed by atoms with Gasteiger partial charge in [0.25, 0.3) is 0 Å². The van der Waals surface area contributed by atoms with Crippen molar-refractivity contribution in [2.75, 3.05) is 7.11 Å². The number of ether oxygens (including phenoxy) is 1. The molecule has 0 fully saturated rings.